The summed E-state index contributed by atoms with van der Waals surface area (Å²) in [6.45, 7) is 2.97. The Morgan fingerprint density at radius 1 is 0.967 bits per heavy atom. The van der Waals surface area contributed by atoms with E-state index in [9.17, 15) is 14.4 Å². The van der Waals surface area contributed by atoms with Crippen molar-refractivity contribution in [1.29, 1.82) is 0 Å². The van der Waals surface area contributed by atoms with Gasteiger partial charge < -0.3 is 15.0 Å². The fraction of sp³-hybridized carbons (Fsp3) is 0.375. The third-order valence-electron chi connectivity index (χ3n) is 6.14. The Hall–Kier alpha value is -3.15. The highest BCUT2D eigenvalue weighted by atomic mass is 16.5. The molecule has 1 aliphatic carbocycles. The number of rotatable bonds is 5. The third kappa shape index (κ3) is 4.08. The normalized spacial score (nSPS) is 24.9. The maximum absolute atomic E-state index is 12.9. The number of nitrogens with zero attached hydrogens (tertiary/aromatic N) is 1. The number of methoxy groups -OCH3 is 1. The summed E-state index contributed by atoms with van der Waals surface area (Å²) in [6, 6.07) is 16.8. The number of benzene rings is 2. The molecule has 1 saturated carbocycles. The lowest BCUT2D eigenvalue weighted by Gasteiger charge is -2.17. The quantitative estimate of drug-likeness (QED) is 0.775. The fourth-order valence-electron chi connectivity index (χ4n) is 4.24. The predicted molar refractivity (Wildman–Crippen MR) is 112 cm³/mol. The Balaban J connectivity index is 1.34. The molecule has 1 heterocycles. The van der Waals surface area contributed by atoms with Crippen LogP contribution in [-0.4, -0.2) is 48.9 Å². The molecule has 0 bridgehead atoms. The SMILES string of the molecule is COC(=O)c1ccc(C(=O)N2CC(C)[C@@H](C(=O)NC3C[C@H]3c3ccccc3)C2)cc1. The van der Waals surface area contributed by atoms with Gasteiger partial charge in [-0.2, -0.15) is 0 Å². The van der Waals surface area contributed by atoms with E-state index in [0.717, 1.165) is 6.42 Å². The summed E-state index contributed by atoms with van der Waals surface area (Å²) in [4.78, 5) is 39.0. The van der Waals surface area contributed by atoms with Gasteiger partial charge in [0.15, 0.2) is 0 Å². The van der Waals surface area contributed by atoms with Gasteiger partial charge in [0.2, 0.25) is 5.91 Å². The Bertz CT molecular complexity index is 941. The first-order chi connectivity index (χ1) is 14.5. The van der Waals surface area contributed by atoms with Crippen molar-refractivity contribution in [3.8, 4) is 0 Å². The molecule has 6 heteroatoms. The lowest BCUT2D eigenvalue weighted by atomic mass is 9.97. The summed E-state index contributed by atoms with van der Waals surface area (Å²) in [5.74, 6) is -0.255. The largest absolute Gasteiger partial charge is 0.465 e. The molecule has 4 atom stereocenters. The molecule has 0 spiro atoms. The van der Waals surface area contributed by atoms with Crippen LogP contribution in [-0.2, 0) is 9.53 Å². The van der Waals surface area contributed by atoms with Gasteiger partial charge in [-0.25, -0.2) is 4.79 Å². The van der Waals surface area contributed by atoms with Gasteiger partial charge in [0, 0.05) is 30.6 Å². The van der Waals surface area contributed by atoms with E-state index in [2.05, 4.69) is 22.2 Å². The topological polar surface area (TPSA) is 75.7 Å². The van der Waals surface area contributed by atoms with Crippen molar-refractivity contribution >= 4 is 17.8 Å². The van der Waals surface area contributed by atoms with Crippen LogP contribution in [0.25, 0.3) is 0 Å². The minimum atomic E-state index is -0.436. The number of carbonyl (C=O) groups excluding carboxylic acids is 3. The summed E-state index contributed by atoms with van der Waals surface area (Å²) in [5.41, 5.74) is 2.16. The van der Waals surface area contributed by atoms with E-state index in [0.29, 0.717) is 30.1 Å². The van der Waals surface area contributed by atoms with Crippen LogP contribution in [0.15, 0.2) is 54.6 Å². The molecule has 30 heavy (non-hydrogen) atoms. The molecule has 1 saturated heterocycles. The zero-order valence-corrected chi connectivity index (χ0v) is 17.2. The van der Waals surface area contributed by atoms with Crippen molar-refractivity contribution in [1.82, 2.24) is 10.2 Å². The molecule has 2 fully saturated rings. The first-order valence-electron chi connectivity index (χ1n) is 10.3. The molecule has 6 nitrogen and oxygen atoms in total. The van der Waals surface area contributed by atoms with Crippen molar-refractivity contribution in [2.75, 3.05) is 20.2 Å². The molecule has 2 unspecified atom stereocenters. The van der Waals surface area contributed by atoms with E-state index in [1.807, 2.05) is 25.1 Å². The van der Waals surface area contributed by atoms with Crippen molar-refractivity contribution in [2.45, 2.75) is 25.3 Å². The van der Waals surface area contributed by atoms with Gasteiger partial charge in [-0.05, 0) is 42.2 Å². The molecule has 0 aromatic heterocycles. The van der Waals surface area contributed by atoms with E-state index < -0.39 is 5.97 Å². The van der Waals surface area contributed by atoms with E-state index >= 15 is 0 Å². The molecule has 2 amide bonds. The lowest BCUT2D eigenvalue weighted by Crippen LogP contribution is -2.37. The average molecular weight is 406 g/mol. The molecule has 0 radical (unpaired) electrons. The maximum atomic E-state index is 12.9. The summed E-state index contributed by atoms with van der Waals surface area (Å²) in [5, 5.41) is 3.17. The van der Waals surface area contributed by atoms with Crippen LogP contribution >= 0.6 is 0 Å². The number of hydrogen-bond acceptors (Lipinski definition) is 4. The second-order valence-corrected chi connectivity index (χ2v) is 8.23. The van der Waals surface area contributed by atoms with Gasteiger partial charge in [0.05, 0.1) is 18.6 Å². The van der Waals surface area contributed by atoms with Crippen LogP contribution < -0.4 is 5.32 Å². The van der Waals surface area contributed by atoms with Crippen molar-refractivity contribution in [2.24, 2.45) is 11.8 Å². The Morgan fingerprint density at radius 3 is 2.30 bits per heavy atom. The van der Waals surface area contributed by atoms with Crippen LogP contribution in [0.1, 0.15) is 45.5 Å². The first kappa shape index (κ1) is 20.1. The molecule has 1 N–H and O–H groups in total. The van der Waals surface area contributed by atoms with Gasteiger partial charge in [0.1, 0.15) is 0 Å². The lowest BCUT2D eigenvalue weighted by molar-refractivity contribution is -0.125. The van der Waals surface area contributed by atoms with Crippen LogP contribution in [0.4, 0.5) is 0 Å². The zero-order valence-electron chi connectivity index (χ0n) is 17.2. The molecular weight excluding hydrogens is 380 g/mol. The van der Waals surface area contributed by atoms with Crippen LogP contribution in [0.5, 0.6) is 0 Å². The number of ether oxygens (including phenoxy) is 1. The summed E-state index contributed by atoms with van der Waals surface area (Å²) in [7, 11) is 1.32. The summed E-state index contributed by atoms with van der Waals surface area (Å²) in [6.07, 6.45) is 0.964. The highest BCUT2D eigenvalue weighted by Gasteiger charge is 2.43. The fourth-order valence-corrected chi connectivity index (χ4v) is 4.24. The third-order valence-corrected chi connectivity index (χ3v) is 6.14. The number of hydrogen-bond donors (Lipinski definition) is 1. The van der Waals surface area contributed by atoms with E-state index in [4.69, 9.17) is 0 Å². The molecule has 156 valence electrons. The highest BCUT2D eigenvalue weighted by molar-refractivity contribution is 5.97. The summed E-state index contributed by atoms with van der Waals surface area (Å²) >= 11 is 0. The van der Waals surface area contributed by atoms with Gasteiger partial charge in [-0.1, -0.05) is 37.3 Å². The zero-order chi connectivity index (χ0) is 21.3. The summed E-state index contributed by atoms with van der Waals surface area (Å²) < 4.78 is 4.68. The number of nitrogens with one attached hydrogen (secondary N) is 1. The van der Waals surface area contributed by atoms with Gasteiger partial charge in [-0.3, -0.25) is 9.59 Å². The highest BCUT2D eigenvalue weighted by Crippen LogP contribution is 2.41. The minimum absolute atomic E-state index is 0.0299. The van der Waals surface area contributed by atoms with Gasteiger partial charge in [0.25, 0.3) is 5.91 Å². The van der Waals surface area contributed by atoms with Crippen molar-refractivity contribution < 1.29 is 19.1 Å². The number of carbonyl (C=O) groups is 3. The number of esters is 1. The molecule has 2 aromatic rings. The van der Waals surface area contributed by atoms with E-state index in [-0.39, 0.29) is 29.7 Å². The Kier molecular flexibility index (Phi) is 5.57. The first-order valence-corrected chi connectivity index (χ1v) is 10.3. The number of likely N-dealkylation sites (tertiary alicyclic amines) is 1. The average Bonchev–Trinajstić information content (AvgIpc) is 3.43. The standard InChI is InChI=1S/C24H26N2O4/c1-15-13-26(23(28)17-8-10-18(11-9-17)24(29)30-2)14-20(15)22(27)25-21-12-19(21)16-6-4-3-5-7-16/h3-11,15,19-21H,12-14H2,1-2H3,(H,25,27)/t15?,19-,20-,21?/m0/s1. The maximum Gasteiger partial charge on any atom is 0.337 e. The molecular formula is C24H26N2O4. The van der Waals surface area contributed by atoms with E-state index in [1.165, 1.54) is 12.7 Å². The minimum Gasteiger partial charge on any atom is -0.465 e. The van der Waals surface area contributed by atoms with E-state index in [1.54, 1.807) is 29.2 Å². The van der Waals surface area contributed by atoms with Crippen molar-refractivity contribution in [3.05, 3.63) is 71.3 Å². The Labute approximate surface area is 176 Å². The monoisotopic (exact) mass is 406 g/mol. The molecule has 2 aromatic carbocycles. The van der Waals surface area contributed by atoms with Gasteiger partial charge in [-0.15, -0.1) is 0 Å². The van der Waals surface area contributed by atoms with Gasteiger partial charge >= 0.3 is 5.97 Å². The van der Waals surface area contributed by atoms with Crippen molar-refractivity contribution in [3.63, 3.8) is 0 Å². The molecule has 1 aliphatic heterocycles. The van der Waals surface area contributed by atoms with Crippen LogP contribution in [0.2, 0.25) is 0 Å². The smallest absolute Gasteiger partial charge is 0.337 e. The second-order valence-electron chi connectivity index (χ2n) is 8.23. The molecule has 4 rings (SSSR count). The van der Waals surface area contributed by atoms with Crippen LogP contribution in [0, 0.1) is 11.8 Å². The molecule has 2 aliphatic rings. The number of amides is 2. The second kappa shape index (κ2) is 8.30. The van der Waals surface area contributed by atoms with Crippen LogP contribution in [0.3, 0.4) is 0 Å². The predicted octanol–water partition coefficient (Wildman–Crippen LogP) is 2.85. The Morgan fingerprint density at radius 2 is 1.63 bits per heavy atom.